The molecular formula is C14H21N3O3S. The average molecular weight is 311 g/mol. The predicted octanol–water partition coefficient (Wildman–Crippen LogP) is 0.353. The van der Waals surface area contributed by atoms with Gasteiger partial charge < -0.3 is 14.8 Å². The lowest BCUT2D eigenvalue weighted by Gasteiger charge is -2.18. The number of carbonyl (C=O) groups is 1. The van der Waals surface area contributed by atoms with Gasteiger partial charge in [-0.1, -0.05) is 0 Å². The number of hydrogen-bond acceptors (Lipinski definition) is 6. The quantitative estimate of drug-likeness (QED) is 0.768. The molecule has 3 heterocycles. The van der Waals surface area contributed by atoms with Crippen LogP contribution >= 0.6 is 11.3 Å². The maximum absolute atomic E-state index is 12.2. The number of nitrogens with zero attached hydrogens (tertiary/aromatic N) is 2. The summed E-state index contributed by atoms with van der Waals surface area (Å²) < 4.78 is 10.8. The summed E-state index contributed by atoms with van der Waals surface area (Å²) in [5.74, 6) is 0.358. The highest BCUT2D eigenvalue weighted by molar-refractivity contribution is 7.09. The first-order valence-corrected chi connectivity index (χ1v) is 8.15. The molecule has 6 nitrogen and oxygen atoms in total. The van der Waals surface area contributed by atoms with Crippen molar-refractivity contribution >= 4 is 17.2 Å². The SMILES string of the molecule is COCCNC(=O)[C@@H]1CO[C@H]2CN(Cc3nccs3)C[C@H]21. The van der Waals surface area contributed by atoms with Gasteiger partial charge in [-0.25, -0.2) is 4.98 Å². The van der Waals surface area contributed by atoms with Crippen LogP contribution in [0.4, 0.5) is 0 Å². The first kappa shape index (κ1) is 14.9. The highest BCUT2D eigenvalue weighted by Gasteiger charge is 2.46. The minimum absolute atomic E-state index is 0.0341. The van der Waals surface area contributed by atoms with Crippen LogP contribution in [0.5, 0.6) is 0 Å². The molecule has 1 aromatic rings. The summed E-state index contributed by atoms with van der Waals surface area (Å²) in [6, 6.07) is 0. The molecule has 2 saturated heterocycles. The summed E-state index contributed by atoms with van der Waals surface area (Å²) in [5.41, 5.74) is 0. The lowest BCUT2D eigenvalue weighted by atomic mass is 9.92. The zero-order valence-corrected chi connectivity index (χ0v) is 13.0. The standard InChI is InChI=1S/C14H21N3O3S/c1-19-4-2-16-14(18)11-9-20-12-7-17(6-10(11)12)8-13-15-3-5-21-13/h3,5,10-12H,2,4,6-9H2,1H3,(H,16,18)/t10-,11+,12-/m0/s1. The number of fused-ring (bicyclic) bond motifs is 1. The molecule has 0 radical (unpaired) electrons. The number of nitrogens with one attached hydrogen (secondary N) is 1. The van der Waals surface area contributed by atoms with E-state index in [1.807, 2.05) is 11.6 Å². The fourth-order valence-corrected chi connectivity index (χ4v) is 3.78. The minimum atomic E-state index is -0.0341. The van der Waals surface area contributed by atoms with E-state index in [-0.39, 0.29) is 17.9 Å². The molecule has 0 saturated carbocycles. The molecular weight excluding hydrogens is 290 g/mol. The van der Waals surface area contributed by atoms with Gasteiger partial charge >= 0.3 is 0 Å². The molecule has 1 N–H and O–H groups in total. The van der Waals surface area contributed by atoms with Gasteiger partial charge in [0.1, 0.15) is 5.01 Å². The van der Waals surface area contributed by atoms with E-state index in [0.717, 1.165) is 24.6 Å². The Morgan fingerprint density at radius 2 is 2.52 bits per heavy atom. The number of thiazole rings is 1. The number of carbonyl (C=O) groups excluding carboxylic acids is 1. The van der Waals surface area contributed by atoms with Gasteiger partial charge in [-0.3, -0.25) is 9.69 Å². The lowest BCUT2D eigenvalue weighted by molar-refractivity contribution is -0.126. The van der Waals surface area contributed by atoms with Crippen molar-refractivity contribution in [1.29, 1.82) is 0 Å². The van der Waals surface area contributed by atoms with E-state index >= 15 is 0 Å². The van der Waals surface area contributed by atoms with Crippen molar-refractivity contribution in [3.8, 4) is 0 Å². The van der Waals surface area contributed by atoms with Crippen LogP contribution in [0.25, 0.3) is 0 Å². The Morgan fingerprint density at radius 1 is 1.62 bits per heavy atom. The molecule has 2 aliphatic rings. The molecule has 1 amide bonds. The molecule has 0 bridgehead atoms. The van der Waals surface area contributed by atoms with E-state index < -0.39 is 0 Å². The van der Waals surface area contributed by atoms with E-state index in [9.17, 15) is 4.79 Å². The number of likely N-dealkylation sites (tertiary alicyclic amines) is 1. The first-order chi connectivity index (χ1) is 10.3. The smallest absolute Gasteiger partial charge is 0.225 e. The maximum atomic E-state index is 12.2. The molecule has 0 spiro atoms. The van der Waals surface area contributed by atoms with Gasteiger partial charge in [-0.05, 0) is 0 Å². The van der Waals surface area contributed by atoms with Crippen LogP contribution in [-0.2, 0) is 20.8 Å². The number of amides is 1. The zero-order chi connectivity index (χ0) is 14.7. The van der Waals surface area contributed by atoms with Crippen molar-refractivity contribution in [2.45, 2.75) is 12.6 Å². The van der Waals surface area contributed by atoms with Crippen molar-refractivity contribution in [3.63, 3.8) is 0 Å². The Bertz CT molecular complexity index is 468. The molecule has 21 heavy (non-hydrogen) atoms. The third-order valence-electron chi connectivity index (χ3n) is 4.18. The van der Waals surface area contributed by atoms with Gasteiger partial charge in [0.25, 0.3) is 0 Å². The fraction of sp³-hybridized carbons (Fsp3) is 0.714. The minimum Gasteiger partial charge on any atom is -0.383 e. The van der Waals surface area contributed by atoms with Crippen LogP contribution < -0.4 is 5.32 Å². The van der Waals surface area contributed by atoms with E-state index in [2.05, 4.69) is 15.2 Å². The monoisotopic (exact) mass is 311 g/mol. The summed E-state index contributed by atoms with van der Waals surface area (Å²) in [7, 11) is 1.63. The molecule has 1 aromatic heterocycles. The third-order valence-corrected chi connectivity index (χ3v) is 4.94. The van der Waals surface area contributed by atoms with Crippen molar-refractivity contribution < 1.29 is 14.3 Å². The molecule has 7 heteroatoms. The summed E-state index contributed by atoms with van der Waals surface area (Å²) in [5, 5.41) is 6.04. The van der Waals surface area contributed by atoms with Gasteiger partial charge in [0, 0.05) is 44.2 Å². The molecule has 0 unspecified atom stereocenters. The van der Waals surface area contributed by atoms with Crippen molar-refractivity contribution in [1.82, 2.24) is 15.2 Å². The second-order valence-electron chi connectivity index (χ2n) is 5.55. The number of ether oxygens (including phenoxy) is 2. The maximum Gasteiger partial charge on any atom is 0.225 e. The van der Waals surface area contributed by atoms with E-state index in [1.54, 1.807) is 18.4 Å². The molecule has 116 valence electrons. The zero-order valence-electron chi connectivity index (χ0n) is 12.2. The summed E-state index contributed by atoms with van der Waals surface area (Å²) in [6.07, 6.45) is 2.02. The normalized spacial score (nSPS) is 28.7. The highest BCUT2D eigenvalue weighted by atomic mass is 32.1. The first-order valence-electron chi connectivity index (χ1n) is 7.27. The van der Waals surface area contributed by atoms with Gasteiger partial charge in [0.05, 0.1) is 31.8 Å². The van der Waals surface area contributed by atoms with Crippen molar-refractivity contribution in [3.05, 3.63) is 16.6 Å². The van der Waals surface area contributed by atoms with Crippen molar-refractivity contribution in [2.75, 3.05) is 40.0 Å². The number of methoxy groups -OCH3 is 1. The number of aromatic nitrogens is 1. The summed E-state index contributed by atoms with van der Waals surface area (Å²) >= 11 is 1.67. The van der Waals surface area contributed by atoms with Gasteiger partial charge in [0.2, 0.25) is 5.91 Å². The molecule has 0 aromatic carbocycles. The van der Waals surface area contributed by atoms with Crippen LogP contribution in [0.2, 0.25) is 0 Å². The van der Waals surface area contributed by atoms with Gasteiger partial charge in [0.15, 0.2) is 0 Å². The molecule has 3 atom stereocenters. The average Bonchev–Trinajstić information content (AvgIpc) is 3.16. The third kappa shape index (κ3) is 3.42. The van der Waals surface area contributed by atoms with Crippen LogP contribution in [0.1, 0.15) is 5.01 Å². The second-order valence-corrected chi connectivity index (χ2v) is 6.53. The lowest BCUT2D eigenvalue weighted by Crippen LogP contribution is -2.38. The Labute approximate surface area is 128 Å². The molecule has 2 aliphatic heterocycles. The predicted molar refractivity (Wildman–Crippen MR) is 79.0 cm³/mol. The summed E-state index contributed by atoms with van der Waals surface area (Å²) in [4.78, 5) is 18.9. The van der Waals surface area contributed by atoms with Gasteiger partial charge in [-0.2, -0.15) is 0 Å². The Hall–Kier alpha value is -1.02. The Kier molecular flexibility index (Phi) is 4.84. The second kappa shape index (κ2) is 6.83. The van der Waals surface area contributed by atoms with Crippen LogP contribution in [0.3, 0.4) is 0 Å². The Balaban J connectivity index is 1.52. The summed E-state index contributed by atoms with van der Waals surface area (Å²) in [6.45, 7) is 4.31. The Morgan fingerprint density at radius 3 is 3.29 bits per heavy atom. The fourth-order valence-electron chi connectivity index (χ4n) is 3.12. The van der Waals surface area contributed by atoms with Gasteiger partial charge in [-0.15, -0.1) is 11.3 Å². The topological polar surface area (TPSA) is 63.7 Å². The van der Waals surface area contributed by atoms with Crippen molar-refractivity contribution in [2.24, 2.45) is 11.8 Å². The molecule has 0 aliphatic carbocycles. The van der Waals surface area contributed by atoms with E-state index in [1.165, 1.54) is 0 Å². The number of rotatable bonds is 6. The molecule has 3 rings (SSSR count). The number of hydrogen-bond donors (Lipinski definition) is 1. The van der Waals surface area contributed by atoms with Crippen LogP contribution in [0, 0.1) is 11.8 Å². The van der Waals surface area contributed by atoms with E-state index in [4.69, 9.17) is 9.47 Å². The molecule has 2 fully saturated rings. The van der Waals surface area contributed by atoms with E-state index in [0.29, 0.717) is 25.7 Å². The van der Waals surface area contributed by atoms with Crippen LogP contribution in [-0.4, -0.2) is 61.9 Å². The van der Waals surface area contributed by atoms with Crippen LogP contribution in [0.15, 0.2) is 11.6 Å². The largest absolute Gasteiger partial charge is 0.383 e. The highest BCUT2D eigenvalue weighted by Crippen LogP contribution is 2.34.